The van der Waals surface area contributed by atoms with E-state index in [1.807, 2.05) is 12.1 Å². The first-order chi connectivity index (χ1) is 16.3. The topological polar surface area (TPSA) is 69.6 Å². The zero-order valence-corrected chi connectivity index (χ0v) is 22.5. The maximum atomic E-state index is 12.1. The van der Waals surface area contributed by atoms with Gasteiger partial charge in [0.15, 0.2) is 0 Å². The summed E-state index contributed by atoms with van der Waals surface area (Å²) in [4.78, 5) is 14.9. The number of hydrogen-bond acceptors (Lipinski definition) is 5. The second-order valence-corrected chi connectivity index (χ2v) is 12.1. The van der Waals surface area contributed by atoms with E-state index in [1.165, 1.54) is 39.5 Å². The standard InChI is InChI=1S/C28H39NO3S2/c1-5-8-25(29-23-17-24(20-9-6-7-10-20)33-27(23)28(31)32)34-26(19(4)12-11-18(2)3)21-13-15-22(30)16-14-21/h13-18,20,25,29-30H,5-12H2,1-4H3,(H,31,32)/b26-19+. The fourth-order valence-electron chi connectivity index (χ4n) is 4.47. The molecule has 1 fully saturated rings. The first-order valence-corrected chi connectivity index (χ1v) is 14.3. The van der Waals surface area contributed by atoms with Crippen molar-refractivity contribution in [2.75, 3.05) is 5.32 Å². The number of carboxylic acid groups (broad SMARTS) is 1. The number of allylic oxidation sites excluding steroid dienone is 1. The summed E-state index contributed by atoms with van der Waals surface area (Å²) in [6, 6.07) is 9.53. The Morgan fingerprint density at radius 3 is 2.44 bits per heavy atom. The van der Waals surface area contributed by atoms with Gasteiger partial charge in [0.1, 0.15) is 10.6 Å². The van der Waals surface area contributed by atoms with Gasteiger partial charge in [0.2, 0.25) is 0 Å². The van der Waals surface area contributed by atoms with Gasteiger partial charge in [-0.25, -0.2) is 4.79 Å². The molecule has 186 valence electrons. The Hall–Kier alpha value is -1.92. The van der Waals surface area contributed by atoms with Crippen molar-refractivity contribution < 1.29 is 15.0 Å². The van der Waals surface area contributed by atoms with Crippen LogP contribution in [0.1, 0.15) is 105 Å². The number of anilines is 1. The van der Waals surface area contributed by atoms with Gasteiger partial charge >= 0.3 is 5.97 Å². The highest BCUT2D eigenvalue weighted by Crippen LogP contribution is 2.43. The quantitative estimate of drug-likeness (QED) is 0.253. The van der Waals surface area contributed by atoms with E-state index in [1.54, 1.807) is 23.9 Å². The molecule has 6 heteroatoms. The predicted molar refractivity (Wildman–Crippen MR) is 147 cm³/mol. The second kappa shape index (κ2) is 12.7. The molecular weight excluding hydrogens is 462 g/mol. The molecule has 0 spiro atoms. The Morgan fingerprint density at radius 2 is 1.85 bits per heavy atom. The third kappa shape index (κ3) is 7.29. The van der Waals surface area contributed by atoms with Crippen molar-refractivity contribution in [3.63, 3.8) is 0 Å². The molecule has 0 bridgehead atoms. The van der Waals surface area contributed by atoms with Crippen LogP contribution in [0.15, 0.2) is 35.9 Å². The number of carbonyl (C=O) groups is 1. The molecule has 1 aromatic carbocycles. The van der Waals surface area contributed by atoms with Crippen LogP contribution < -0.4 is 5.32 Å². The van der Waals surface area contributed by atoms with Crippen molar-refractivity contribution in [2.24, 2.45) is 5.92 Å². The first-order valence-electron chi connectivity index (χ1n) is 12.6. The lowest BCUT2D eigenvalue weighted by Gasteiger charge is -2.22. The molecule has 1 atom stereocenters. The van der Waals surface area contributed by atoms with Crippen molar-refractivity contribution in [1.82, 2.24) is 0 Å². The molecule has 1 unspecified atom stereocenters. The Bertz CT molecular complexity index is 972. The fourth-order valence-corrected chi connectivity index (χ4v) is 7.00. The fraction of sp³-hybridized carbons (Fsp3) is 0.536. The molecule has 4 nitrogen and oxygen atoms in total. The minimum Gasteiger partial charge on any atom is -0.508 e. The SMILES string of the molecule is CCCC(Nc1cc(C2CCCC2)sc1C(=O)O)S/C(=C(\C)CCC(C)C)c1ccc(O)cc1. The summed E-state index contributed by atoms with van der Waals surface area (Å²) in [7, 11) is 0. The molecule has 0 radical (unpaired) electrons. The van der Waals surface area contributed by atoms with E-state index >= 15 is 0 Å². The lowest BCUT2D eigenvalue weighted by Crippen LogP contribution is -2.17. The van der Waals surface area contributed by atoms with Crippen LogP contribution in [-0.4, -0.2) is 21.6 Å². The van der Waals surface area contributed by atoms with Crippen LogP contribution in [0.4, 0.5) is 5.69 Å². The van der Waals surface area contributed by atoms with E-state index in [0.717, 1.165) is 49.8 Å². The molecule has 3 N–H and O–H groups in total. The Labute approximate surface area is 212 Å². The summed E-state index contributed by atoms with van der Waals surface area (Å²) in [6.07, 6.45) is 8.86. The largest absolute Gasteiger partial charge is 0.508 e. The van der Waals surface area contributed by atoms with E-state index < -0.39 is 5.97 Å². The summed E-state index contributed by atoms with van der Waals surface area (Å²) >= 11 is 3.24. The first kappa shape index (κ1) is 26.7. The molecule has 1 saturated carbocycles. The van der Waals surface area contributed by atoms with Crippen LogP contribution in [0.2, 0.25) is 0 Å². The number of rotatable bonds is 12. The Kier molecular flexibility index (Phi) is 9.96. The number of benzene rings is 1. The van der Waals surface area contributed by atoms with E-state index in [2.05, 4.69) is 39.1 Å². The molecule has 34 heavy (non-hydrogen) atoms. The van der Waals surface area contributed by atoms with E-state index in [9.17, 15) is 15.0 Å². The predicted octanol–water partition coefficient (Wildman–Crippen LogP) is 8.95. The molecule has 1 aliphatic carbocycles. The lowest BCUT2D eigenvalue weighted by atomic mass is 10.0. The smallest absolute Gasteiger partial charge is 0.348 e. The number of carboxylic acids is 1. The average molecular weight is 502 g/mol. The number of phenolic OH excluding ortho intramolecular Hbond substituents is 1. The summed E-state index contributed by atoms with van der Waals surface area (Å²) < 4.78 is 0. The molecule has 1 heterocycles. The lowest BCUT2D eigenvalue weighted by molar-refractivity contribution is 0.0703. The summed E-state index contributed by atoms with van der Waals surface area (Å²) in [6.45, 7) is 8.86. The normalized spacial score (nSPS) is 16.0. The zero-order chi connectivity index (χ0) is 24.7. The van der Waals surface area contributed by atoms with Gasteiger partial charge in [-0.3, -0.25) is 0 Å². The van der Waals surface area contributed by atoms with Crippen LogP contribution in [0, 0.1) is 5.92 Å². The van der Waals surface area contributed by atoms with Crippen LogP contribution >= 0.6 is 23.1 Å². The van der Waals surface area contributed by atoms with Crippen LogP contribution in [0.5, 0.6) is 5.75 Å². The highest BCUT2D eigenvalue weighted by molar-refractivity contribution is 8.09. The maximum Gasteiger partial charge on any atom is 0.348 e. The molecule has 0 amide bonds. The number of thioether (sulfide) groups is 1. The number of hydrogen-bond donors (Lipinski definition) is 3. The maximum absolute atomic E-state index is 12.1. The van der Waals surface area contributed by atoms with E-state index in [-0.39, 0.29) is 11.1 Å². The van der Waals surface area contributed by atoms with Gasteiger partial charge in [0, 0.05) is 9.78 Å². The summed E-state index contributed by atoms with van der Waals surface area (Å²) in [5.41, 5.74) is 3.19. The van der Waals surface area contributed by atoms with Crippen LogP contribution in [0.3, 0.4) is 0 Å². The Morgan fingerprint density at radius 1 is 1.18 bits per heavy atom. The minimum absolute atomic E-state index is 0.0620. The average Bonchev–Trinajstić information content (AvgIpc) is 3.46. The number of thiophene rings is 1. The van der Waals surface area contributed by atoms with Crippen molar-refractivity contribution in [3.05, 3.63) is 51.2 Å². The number of phenols is 1. The van der Waals surface area contributed by atoms with Gasteiger partial charge in [0.25, 0.3) is 0 Å². The van der Waals surface area contributed by atoms with E-state index in [4.69, 9.17) is 0 Å². The summed E-state index contributed by atoms with van der Waals surface area (Å²) in [5.74, 6) is 0.546. The van der Waals surface area contributed by atoms with Gasteiger partial charge in [0.05, 0.1) is 11.1 Å². The van der Waals surface area contributed by atoms with Crippen LogP contribution in [0.25, 0.3) is 4.91 Å². The van der Waals surface area contributed by atoms with Crippen molar-refractivity contribution in [3.8, 4) is 5.75 Å². The van der Waals surface area contributed by atoms with Crippen molar-refractivity contribution in [1.29, 1.82) is 0 Å². The highest BCUT2D eigenvalue weighted by Gasteiger charge is 2.25. The number of aromatic carboxylic acids is 1. The van der Waals surface area contributed by atoms with E-state index in [0.29, 0.717) is 16.7 Å². The van der Waals surface area contributed by atoms with Gasteiger partial charge in [-0.15, -0.1) is 23.1 Å². The molecule has 1 aliphatic rings. The molecule has 1 aromatic heterocycles. The van der Waals surface area contributed by atoms with Crippen molar-refractivity contribution in [2.45, 2.75) is 90.4 Å². The third-order valence-electron chi connectivity index (χ3n) is 6.44. The van der Waals surface area contributed by atoms with Gasteiger partial charge in [-0.05, 0) is 74.6 Å². The second-order valence-electron chi connectivity index (χ2n) is 9.81. The Balaban J connectivity index is 1.89. The van der Waals surface area contributed by atoms with Gasteiger partial charge < -0.3 is 15.5 Å². The zero-order valence-electron chi connectivity index (χ0n) is 20.9. The van der Waals surface area contributed by atoms with Crippen molar-refractivity contribution >= 4 is 39.7 Å². The molecule has 3 rings (SSSR count). The molecule has 0 saturated heterocycles. The van der Waals surface area contributed by atoms with Gasteiger partial charge in [-0.1, -0.05) is 57.7 Å². The molecule has 0 aliphatic heterocycles. The number of nitrogens with one attached hydrogen (secondary N) is 1. The third-order valence-corrected chi connectivity index (χ3v) is 9.19. The molecular formula is C28H39NO3S2. The minimum atomic E-state index is -0.848. The highest BCUT2D eigenvalue weighted by atomic mass is 32.2. The van der Waals surface area contributed by atoms with Crippen LogP contribution in [-0.2, 0) is 0 Å². The molecule has 2 aromatic rings. The monoisotopic (exact) mass is 501 g/mol. The van der Waals surface area contributed by atoms with Gasteiger partial charge in [-0.2, -0.15) is 0 Å². The number of aromatic hydroxyl groups is 1. The summed E-state index contributed by atoms with van der Waals surface area (Å²) in [5, 5.41) is 23.4.